The smallest absolute Gasteiger partial charge is 0.405 e. The highest BCUT2D eigenvalue weighted by Crippen LogP contribution is 2.24. The number of hydrogen-bond donors (Lipinski definition) is 3. The lowest BCUT2D eigenvalue weighted by atomic mass is 10.2. The van der Waals surface area contributed by atoms with Crippen molar-refractivity contribution in [1.29, 1.82) is 0 Å². The minimum absolute atomic E-state index is 0.0227. The van der Waals surface area contributed by atoms with Crippen LogP contribution in [0.2, 0.25) is 0 Å². The van der Waals surface area contributed by atoms with Gasteiger partial charge in [-0.2, -0.15) is 28.1 Å². The Balaban J connectivity index is 1.78. The van der Waals surface area contributed by atoms with Crippen LogP contribution in [0.25, 0.3) is 0 Å². The molecule has 0 spiro atoms. The Hall–Kier alpha value is -2.89. The Morgan fingerprint density at radius 1 is 1.13 bits per heavy atom. The number of hydrogen-bond acceptors (Lipinski definition) is 8. The molecule has 31 heavy (non-hydrogen) atoms. The zero-order valence-corrected chi connectivity index (χ0v) is 17.3. The molecule has 0 radical (unpaired) electrons. The molecule has 1 atom stereocenters. The molecule has 3 N–H and O–H groups in total. The van der Waals surface area contributed by atoms with Crippen molar-refractivity contribution in [2.24, 2.45) is 0 Å². The van der Waals surface area contributed by atoms with Gasteiger partial charge in [0.15, 0.2) is 11.6 Å². The number of rotatable bonds is 9. The van der Waals surface area contributed by atoms with Crippen molar-refractivity contribution >= 4 is 23.5 Å². The maximum absolute atomic E-state index is 14.0. The average Bonchev–Trinajstić information content (AvgIpc) is 3.18. The van der Waals surface area contributed by atoms with Crippen molar-refractivity contribution in [2.75, 3.05) is 49.2 Å². The minimum atomic E-state index is -4.43. The number of halogens is 4. The molecule has 12 heteroatoms. The van der Waals surface area contributed by atoms with Crippen LogP contribution < -0.4 is 20.7 Å². The first kappa shape index (κ1) is 22.8. The number of aromatic nitrogens is 3. The highest BCUT2D eigenvalue weighted by molar-refractivity contribution is 5.57. The summed E-state index contributed by atoms with van der Waals surface area (Å²) in [5.41, 5.74) is 0.310. The highest BCUT2D eigenvalue weighted by atomic mass is 19.4. The summed E-state index contributed by atoms with van der Waals surface area (Å²) in [7, 11) is 1.35. The zero-order valence-electron chi connectivity index (χ0n) is 17.3. The molecule has 8 nitrogen and oxygen atoms in total. The maximum atomic E-state index is 14.0. The molecule has 170 valence electrons. The van der Waals surface area contributed by atoms with Crippen LogP contribution in [0.1, 0.15) is 19.8 Å². The summed E-state index contributed by atoms with van der Waals surface area (Å²) in [6.45, 7) is 3.26. The van der Waals surface area contributed by atoms with Crippen LogP contribution in [-0.2, 0) is 0 Å². The van der Waals surface area contributed by atoms with Gasteiger partial charge in [0.2, 0.25) is 17.8 Å². The fourth-order valence-corrected chi connectivity index (χ4v) is 3.39. The van der Waals surface area contributed by atoms with Crippen molar-refractivity contribution < 1.29 is 22.3 Å². The van der Waals surface area contributed by atoms with Crippen molar-refractivity contribution in [3.05, 3.63) is 24.0 Å². The average molecular weight is 443 g/mol. The molecule has 0 bridgehead atoms. The van der Waals surface area contributed by atoms with Gasteiger partial charge in [-0.25, -0.2) is 4.39 Å². The number of anilines is 4. The first-order chi connectivity index (χ1) is 14.8. The van der Waals surface area contributed by atoms with Crippen molar-refractivity contribution in [1.82, 2.24) is 19.9 Å². The molecule has 1 aromatic heterocycles. The molecule has 1 aromatic carbocycles. The summed E-state index contributed by atoms with van der Waals surface area (Å²) in [4.78, 5) is 14.5. The lowest BCUT2D eigenvalue weighted by Gasteiger charge is -2.23. The molecule has 2 heterocycles. The fraction of sp³-hybridized carbons (Fsp3) is 0.526. The second-order valence-electron chi connectivity index (χ2n) is 7.05. The molecule has 0 amide bonds. The number of likely N-dealkylation sites (N-methyl/N-ethyl adjacent to an activating group) is 1. The van der Waals surface area contributed by atoms with Gasteiger partial charge in [-0.05, 0) is 38.1 Å². The molecular formula is C19H25F4N7O. The van der Waals surface area contributed by atoms with Crippen molar-refractivity contribution in [3.8, 4) is 5.75 Å². The van der Waals surface area contributed by atoms with Crippen LogP contribution in [-0.4, -0.2) is 65.4 Å². The summed E-state index contributed by atoms with van der Waals surface area (Å²) in [5.74, 6) is -0.681. The maximum Gasteiger partial charge on any atom is 0.405 e. The summed E-state index contributed by atoms with van der Waals surface area (Å²) >= 11 is 0. The first-order valence-corrected chi connectivity index (χ1v) is 9.92. The van der Waals surface area contributed by atoms with E-state index in [0.29, 0.717) is 18.3 Å². The molecular weight excluding hydrogens is 418 g/mol. The standard InChI is InChI=1S/C19H25F4N7O/c1-3-30-8-4-5-13(30)10-24-16-27-17(25-11-19(21,22)23)29-18(28-16)26-12-6-7-15(31-2)14(20)9-12/h6-7,9,13H,3-5,8,10-11H2,1-2H3,(H3,24,25,26,27,28,29). The van der Waals surface area contributed by atoms with E-state index in [4.69, 9.17) is 4.74 Å². The summed E-state index contributed by atoms with van der Waals surface area (Å²) < 4.78 is 56.7. The van der Waals surface area contributed by atoms with Crippen molar-refractivity contribution in [2.45, 2.75) is 32.0 Å². The third-order valence-electron chi connectivity index (χ3n) is 4.89. The van der Waals surface area contributed by atoms with E-state index in [1.165, 1.54) is 19.2 Å². The van der Waals surface area contributed by atoms with E-state index in [-0.39, 0.29) is 23.6 Å². The van der Waals surface area contributed by atoms with Crippen molar-refractivity contribution in [3.63, 3.8) is 0 Å². The van der Waals surface area contributed by atoms with E-state index in [9.17, 15) is 17.6 Å². The van der Waals surface area contributed by atoms with E-state index < -0.39 is 18.5 Å². The fourth-order valence-electron chi connectivity index (χ4n) is 3.39. The second kappa shape index (κ2) is 9.94. The lowest BCUT2D eigenvalue weighted by Crippen LogP contribution is -2.35. The third-order valence-corrected chi connectivity index (χ3v) is 4.89. The Labute approximate surface area is 177 Å². The number of nitrogens with zero attached hydrogens (tertiary/aromatic N) is 4. The van der Waals surface area contributed by atoms with E-state index in [1.54, 1.807) is 6.07 Å². The van der Waals surface area contributed by atoms with Crippen LogP contribution in [0.3, 0.4) is 0 Å². The van der Waals surface area contributed by atoms with E-state index in [2.05, 4.69) is 42.7 Å². The van der Waals surface area contributed by atoms with Gasteiger partial charge < -0.3 is 20.7 Å². The third kappa shape index (κ3) is 6.54. The number of alkyl halides is 3. The van der Waals surface area contributed by atoms with Gasteiger partial charge in [-0.1, -0.05) is 6.92 Å². The van der Waals surface area contributed by atoms with Gasteiger partial charge in [-0.15, -0.1) is 0 Å². The van der Waals surface area contributed by atoms with Crippen LogP contribution >= 0.6 is 0 Å². The number of methoxy groups -OCH3 is 1. The predicted molar refractivity (Wildman–Crippen MR) is 109 cm³/mol. The quantitative estimate of drug-likeness (QED) is 0.507. The van der Waals surface area contributed by atoms with Crippen LogP contribution in [0, 0.1) is 5.82 Å². The Bertz CT molecular complexity index is 881. The topological polar surface area (TPSA) is 87.2 Å². The van der Waals surface area contributed by atoms with Gasteiger partial charge in [0.1, 0.15) is 6.54 Å². The molecule has 1 fully saturated rings. The van der Waals surface area contributed by atoms with Gasteiger partial charge in [-0.3, -0.25) is 4.90 Å². The first-order valence-electron chi connectivity index (χ1n) is 9.92. The normalized spacial score (nSPS) is 16.9. The number of likely N-dealkylation sites (tertiary alicyclic amines) is 1. The van der Waals surface area contributed by atoms with Gasteiger partial charge in [0.05, 0.1) is 7.11 Å². The highest BCUT2D eigenvalue weighted by Gasteiger charge is 2.27. The molecule has 1 aliphatic rings. The predicted octanol–water partition coefficient (Wildman–Crippen LogP) is 3.63. The molecule has 0 saturated carbocycles. The van der Waals surface area contributed by atoms with E-state index in [1.807, 2.05) is 0 Å². The molecule has 2 aromatic rings. The van der Waals surface area contributed by atoms with Crippen LogP contribution in [0.4, 0.5) is 41.1 Å². The number of nitrogens with one attached hydrogen (secondary N) is 3. The summed E-state index contributed by atoms with van der Waals surface area (Å²) in [6, 6.07) is 4.43. The van der Waals surface area contributed by atoms with Gasteiger partial charge in [0, 0.05) is 24.3 Å². The zero-order chi connectivity index (χ0) is 22.4. The second-order valence-corrected chi connectivity index (χ2v) is 7.05. The number of benzene rings is 1. The summed E-state index contributed by atoms with van der Waals surface area (Å²) in [6.07, 6.45) is -2.33. The van der Waals surface area contributed by atoms with E-state index in [0.717, 1.165) is 25.9 Å². The Kier molecular flexibility index (Phi) is 7.31. The SMILES string of the molecule is CCN1CCCC1CNc1nc(NCC(F)(F)F)nc(Nc2ccc(OC)c(F)c2)n1. The molecule has 3 rings (SSSR count). The monoisotopic (exact) mass is 443 g/mol. The van der Waals surface area contributed by atoms with Gasteiger partial charge in [0.25, 0.3) is 0 Å². The van der Waals surface area contributed by atoms with E-state index >= 15 is 0 Å². The minimum Gasteiger partial charge on any atom is -0.494 e. The molecule has 1 aliphatic heterocycles. The molecule has 1 saturated heterocycles. The largest absolute Gasteiger partial charge is 0.494 e. The molecule has 0 aliphatic carbocycles. The summed E-state index contributed by atoms with van der Waals surface area (Å²) in [5, 5.41) is 8.03. The lowest BCUT2D eigenvalue weighted by molar-refractivity contribution is -0.115. The molecule has 1 unspecified atom stereocenters. The van der Waals surface area contributed by atoms with Gasteiger partial charge >= 0.3 is 6.18 Å². The Morgan fingerprint density at radius 2 is 1.84 bits per heavy atom. The van der Waals surface area contributed by atoms with Crippen LogP contribution in [0.15, 0.2) is 18.2 Å². The number of ether oxygens (including phenoxy) is 1. The van der Waals surface area contributed by atoms with Crippen LogP contribution in [0.5, 0.6) is 5.75 Å². The Morgan fingerprint density at radius 3 is 2.48 bits per heavy atom.